The fourth-order valence-corrected chi connectivity index (χ4v) is 4.08. The van der Waals surface area contributed by atoms with Gasteiger partial charge in [-0.1, -0.05) is 86.1 Å². The van der Waals surface area contributed by atoms with Gasteiger partial charge in [-0.3, -0.25) is 9.59 Å². The van der Waals surface area contributed by atoms with Crippen LogP contribution in [0.4, 0.5) is 0 Å². The molecule has 0 heterocycles. The number of hydrogen-bond acceptors (Lipinski definition) is 3. The Kier molecular flexibility index (Phi) is 9.11. The second-order valence-corrected chi connectivity index (χ2v) is 8.89. The molecule has 6 heteroatoms. The Bertz CT molecular complexity index is 1100. The first-order chi connectivity index (χ1) is 16.4. The van der Waals surface area contributed by atoms with Gasteiger partial charge in [0.2, 0.25) is 5.91 Å². The molecule has 0 radical (unpaired) electrons. The van der Waals surface area contributed by atoms with E-state index in [0.29, 0.717) is 17.2 Å². The monoisotopic (exact) mass is 478 g/mol. The molecule has 1 N–H and O–H groups in total. The molecular weight excluding hydrogens is 448 g/mol. The van der Waals surface area contributed by atoms with Gasteiger partial charge in [-0.2, -0.15) is 0 Å². The van der Waals surface area contributed by atoms with Crippen LogP contribution in [0.3, 0.4) is 0 Å². The third-order valence-corrected chi connectivity index (χ3v) is 5.89. The fraction of sp³-hybridized carbons (Fsp3) is 0.286. The average Bonchev–Trinajstić information content (AvgIpc) is 2.85. The molecule has 0 unspecified atom stereocenters. The second kappa shape index (κ2) is 12.2. The summed E-state index contributed by atoms with van der Waals surface area (Å²) < 4.78 is 5.97. The van der Waals surface area contributed by atoms with Gasteiger partial charge in [-0.25, -0.2) is 0 Å². The first kappa shape index (κ1) is 25.3. The molecule has 2 amide bonds. The molecular formula is C28H31ClN2O3. The van der Waals surface area contributed by atoms with Crippen molar-refractivity contribution in [2.24, 2.45) is 0 Å². The van der Waals surface area contributed by atoms with Crippen LogP contribution in [-0.2, 0) is 22.6 Å². The summed E-state index contributed by atoms with van der Waals surface area (Å²) in [6.45, 7) is 4.22. The van der Waals surface area contributed by atoms with Crippen LogP contribution in [0.5, 0.6) is 5.75 Å². The number of rotatable bonds is 10. The van der Waals surface area contributed by atoms with Crippen molar-refractivity contribution in [2.45, 2.75) is 38.8 Å². The number of hydrogen-bond donors (Lipinski definition) is 1. The highest BCUT2D eigenvalue weighted by molar-refractivity contribution is 6.30. The van der Waals surface area contributed by atoms with Crippen molar-refractivity contribution in [3.8, 4) is 5.75 Å². The van der Waals surface area contributed by atoms with E-state index in [-0.39, 0.29) is 30.9 Å². The molecule has 0 saturated heterocycles. The number of likely N-dealkylation sites (N-methyl/N-ethyl adjacent to an activating group) is 1. The van der Waals surface area contributed by atoms with Crippen molar-refractivity contribution in [1.82, 2.24) is 10.2 Å². The topological polar surface area (TPSA) is 58.6 Å². The standard InChI is InChI=1S/C28H31ClN2O3/c1-20(2)24-14-7-8-15-26(24)34-19-27(32)31(18-22-12-9-13-23(29)16-22)25(28(33)30-3)17-21-10-5-4-6-11-21/h4-16,20,25H,17-19H2,1-3H3,(H,30,33)/t25-/m1/s1. The van der Waals surface area contributed by atoms with Gasteiger partial charge < -0.3 is 15.0 Å². The third-order valence-electron chi connectivity index (χ3n) is 5.65. The predicted octanol–water partition coefficient (Wildman–Crippen LogP) is 5.23. The van der Waals surface area contributed by atoms with E-state index in [1.54, 1.807) is 24.1 Å². The molecule has 178 valence electrons. The van der Waals surface area contributed by atoms with Gasteiger partial charge in [-0.05, 0) is 40.8 Å². The Hall–Kier alpha value is -3.31. The molecule has 0 aromatic heterocycles. The minimum Gasteiger partial charge on any atom is -0.483 e. The van der Waals surface area contributed by atoms with E-state index in [2.05, 4.69) is 19.2 Å². The molecule has 0 aliphatic rings. The Morgan fingerprint density at radius 3 is 2.29 bits per heavy atom. The summed E-state index contributed by atoms with van der Waals surface area (Å²) in [4.78, 5) is 28.1. The Morgan fingerprint density at radius 2 is 1.62 bits per heavy atom. The lowest BCUT2D eigenvalue weighted by atomic mass is 10.0. The second-order valence-electron chi connectivity index (χ2n) is 8.45. The summed E-state index contributed by atoms with van der Waals surface area (Å²) in [7, 11) is 1.58. The Labute approximate surface area is 206 Å². The molecule has 0 spiro atoms. The van der Waals surface area contributed by atoms with Gasteiger partial charge in [0, 0.05) is 25.0 Å². The number of ether oxygens (including phenoxy) is 1. The van der Waals surface area contributed by atoms with E-state index in [4.69, 9.17) is 16.3 Å². The Morgan fingerprint density at radius 1 is 0.941 bits per heavy atom. The van der Waals surface area contributed by atoms with Gasteiger partial charge in [0.15, 0.2) is 6.61 Å². The summed E-state index contributed by atoms with van der Waals surface area (Å²) in [6.07, 6.45) is 0.384. The molecule has 5 nitrogen and oxygen atoms in total. The molecule has 0 saturated carbocycles. The average molecular weight is 479 g/mol. The Balaban J connectivity index is 1.89. The van der Waals surface area contributed by atoms with Crippen molar-refractivity contribution in [3.05, 3.63) is 101 Å². The smallest absolute Gasteiger partial charge is 0.261 e. The highest BCUT2D eigenvalue weighted by Gasteiger charge is 2.30. The first-order valence-corrected chi connectivity index (χ1v) is 11.8. The molecule has 34 heavy (non-hydrogen) atoms. The number of benzene rings is 3. The summed E-state index contributed by atoms with van der Waals surface area (Å²) in [6, 6.07) is 24.0. The normalized spacial score (nSPS) is 11.7. The number of carbonyl (C=O) groups excluding carboxylic acids is 2. The summed E-state index contributed by atoms with van der Waals surface area (Å²) in [5, 5.41) is 3.29. The van der Waals surface area contributed by atoms with Crippen LogP contribution >= 0.6 is 11.6 Å². The number of nitrogens with zero attached hydrogens (tertiary/aromatic N) is 1. The number of nitrogens with one attached hydrogen (secondary N) is 1. The first-order valence-electron chi connectivity index (χ1n) is 11.4. The van der Waals surface area contributed by atoms with E-state index in [0.717, 1.165) is 16.7 Å². The van der Waals surface area contributed by atoms with E-state index < -0.39 is 6.04 Å². The van der Waals surface area contributed by atoms with Crippen molar-refractivity contribution < 1.29 is 14.3 Å². The number of para-hydroxylation sites is 1. The summed E-state index contributed by atoms with van der Waals surface area (Å²) >= 11 is 6.19. The maximum Gasteiger partial charge on any atom is 0.261 e. The number of halogens is 1. The largest absolute Gasteiger partial charge is 0.483 e. The zero-order valence-electron chi connectivity index (χ0n) is 19.8. The highest BCUT2D eigenvalue weighted by Crippen LogP contribution is 2.26. The lowest BCUT2D eigenvalue weighted by Crippen LogP contribution is -2.51. The van der Waals surface area contributed by atoms with E-state index in [9.17, 15) is 9.59 Å². The fourth-order valence-electron chi connectivity index (χ4n) is 3.86. The van der Waals surface area contributed by atoms with Crippen LogP contribution in [0.25, 0.3) is 0 Å². The molecule has 3 aromatic carbocycles. The quantitative estimate of drug-likeness (QED) is 0.434. The lowest BCUT2D eigenvalue weighted by Gasteiger charge is -2.31. The predicted molar refractivity (Wildman–Crippen MR) is 136 cm³/mol. The zero-order valence-corrected chi connectivity index (χ0v) is 20.6. The van der Waals surface area contributed by atoms with Gasteiger partial charge in [0.1, 0.15) is 11.8 Å². The third kappa shape index (κ3) is 6.84. The zero-order chi connectivity index (χ0) is 24.5. The molecule has 1 atom stereocenters. The van der Waals surface area contributed by atoms with Crippen molar-refractivity contribution in [1.29, 1.82) is 0 Å². The van der Waals surface area contributed by atoms with Crippen LogP contribution in [0.1, 0.15) is 36.5 Å². The summed E-state index contributed by atoms with van der Waals surface area (Å²) in [5.41, 5.74) is 2.83. The SMILES string of the molecule is CNC(=O)[C@@H](Cc1ccccc1)N(Cc1cccc(Cl)c1)C(=O)COc1ccccc1C(C)C. The van der Waals surface area contributed by atoms with Gasteiger partial charge in [-0.15, -0.1) is 0 Å². The van der Waals surface area contributed by atoms with Gasteiger partial charge >= 0.3 is 0 Å². The van der Waals surface area contributed by atoms with Crippen LogP contribution in [-0.4, -0.2) is 36.4 Å². The minimum absolute atomic E-state index is 0.174. The molecule has 0 fully saturated rings. The molecule has 0 bridgehead atoms. The van der Waals surface area contributed by atoms with E-state index in [1.165, 1.54) is 0 Å². The van der Waals surface area contributed by atoms with Crippen molar-refractivity contribution in [3.63, 3.8) is 0 Å². The minimum atomic E-state index is -0.706. The van der Waals surface area contributed by atoms with Gasteiger partial charge in [0.25, 0.3) is 5.91 Å². The van der Waals surface area contributed by atoms with E-state index in [1.807, 2.05) is 66.7 Å². The van der Waals surface area contributed by atoms with Crippen LogP contribution in [0.15, 0.2) is 78.9 Å². The van der Waals surface area contributed by atoms with Crippen molar-refractivity contribution in [2.75, 3.05) is 13.7 Å². The van der Waals surface area contributed by atoms with Crippen LogP contribution in [0, 0.1) is 0 Å². The maximum absolute atomic E-state index is 13.5. The van der Waals surface area contributed by atoms with Crippen molar-refractivity contribution >= 4 is 23.4 Å². The molecule has 3 aromatic rings. The summed E-state index contributed by atoms with van der Waals surface area (Å²) in [5.74, 6) is 0.420. The van der Waals surface area contributed by atoms with Gasteiger partial charge in [0.05, 0.1) is 0 Å². The number of amides is 2. The molecule has 0 aliphatic heterocycles. The highest BCUT2D eigenvalue weighted by atomic mass is 35.5. The molecule has 3 rings (SSSR count). The van der Waals surface area contributed by atoms with E-state index >= 15 is 0 Å². The van der Waals surface area contributed by atoms with Crippen LogP contribution in [0.2, 0.25) is 5.02 Å². The van der Waals surface area contributed by atoms with Crippen LogP contribution < -0.4 is 10.1 Å². The maximum atomic E-state index is 13.5. The molecule has 0 aliphatic carbocycles. The lowest BCUT2D eigenvalue weighted by molar-refractivity contribution is -0.142. The number of carbonyl (C=O) groups is 2.